The molecule has 1 heterocycles. The molecule has 0 saturated heterocycles. The Morgan fingerprint density at radius 1 is 1.42 bits per heavy atom. The summed E-state index contributed by atoms with van der Waals surface area (Å²) in [6.07, 6.45) is 3.48. The zero-order valence-electron chi connectivity index (χ0n) is 11.5. The van der Waals surface area contributed by atoms with Gasteiger partial charge in [0.2, 0.25) is 5.91 Å². The van der Waals surface area contributed by atoms with Gasteiger partial charge in [-0.15, -0.1) is 0 Å². The molecule has 102 valence electrons. The van der Waals surface area contributed by atoms with Crippen molar-refractivity contribution in [2.75, 3.05) is 0 Å². The quantitative estimate of drug-likeness (QED) is 0.839. The molecule has 5 nitrogen and oxygen atoms in total. The van der Waals surface area contributed by atoms with Crippen LogP contribution in [0, 0.1) is 11.8 Å². The maximum Gasteiger partial charge on any atom is 0.249 e. The molecule has 0 atom stereocenters. The van der Waals surface area contributed by atoms with Crippen LogP contribution >= 0.6 is 0 Å². The third-order valence-corrected chi connectivity index (χ3v) is 3.26. The minimum Gasteiger partial charge on any atom is -0.397 e. The van der Waals surface area contributed by atoms with E-state index in [4.69, 9.17) is 5.73 Å². The molecule has 0 aliphatic heterocycles. The smallest absolute Gasteiger partial charge is 0.249 e. The van der Waals surface area contributed by atoms with Gasteiger partial charge in [-0.2, -0.15) is 5.10 Å². The van der Waals surface area contributed by atoms with Crippen LogP contribution in [0.25, 0.3) is 5.70 Å². The van der Waals surface area contributed by atoms with Gasteiger partial charge in [-0.3, -0.25) is 9.59 Å². The molecular formula is C14H19N3O2. The second kappa shape index (κ2) is 4.99. The van der Waals surface area contributed by atoms with Crippen LogP contribution in [0.2, 0.25) is 0 Å². The van der Waals surface area contributed by atoms with E-state index < -0.39 is 0 Å². The van der Waals surface area contributed by atoms with Crippen molar-refractivity contribution >= 4 is 17.4 Å². The third kappa shape index (κ3) is 2.75. The molecule has 5 heteroatoms. The van der Waals surface area contributed by atoms with Gasteiger partial charge in [0.25, 0.3) is 0 Å². The molecule has 0 spiro atoms. The van der Waals surface area contributed by atoms with Crippen molar-refractivity contribution in [3.8, 4) is 0 Å². The maximum atomic E-state index is 11.9. The van der Waals surface area contributed by atoms with Gasteiger partial charge in [-0.05, 0) is 31.7 Å². The lowest BCUT2D eigenvalue weighted by molar-refractivity contribution is -0.114. The van der Waals surface area contributed by atoms with Crippen LogP contribution in [0.4, 0.5) is 0 Å². The van der Waals surface area contributed by atoms with E-state index in [9.17, 15) is 9.59 Å². The highest BCUT2D eigenvalue weighted by Gasteiger charge is 2.31. The van der Waals surface area contributed by atoms with E-state index >= 15 is 0 Å². The van der Waals surface area contributed by atoms with E-state index in [1.807, 2.05) is 13.8 Å². The first-order valence-corrected chi connectivity index (χ1v) is 6.52. The predicted molar refractivity (Wildman–Crippen MR) is 72.2 cm³/mol. The molecule has 0 bridgehead atoms. The highest BCUT2D eigenvalue weighted by Crippen LogP contribution is 2.30. The number of allylic oxidation sites excluding steroid dienone is 1. The van der Waals surface area contributed by atoms with Crippen LogP contribution in [-0.2, 0) is 4.79 Å². The van der Waals surface area contributed by atoms with E-state index in [0.29, 0.717) is 17.0 Å². The second-order valence-electron chi connectivity index (χ2n) is 5.30. The van der Waals surface area contributed by atoms with Gasteiger partial charge in [0.15, 0.2) is 5.78 Å². The molecule has 0 radical (unpaired) electrons. The highest BCUT2D eigenvalue weighted by molar-refractivity contribution is 6.00. The van der Waals surface area contributed by atoms with Crippen LogP contribution in [0.5, 0.6) is 0 Å². The highest BCUT2D eigenvalue weighted by atomic mass is 16.2. The lowest BCUT2D eigenvalue weighted by Crippen LogP contribution is -2.16. The lowest BCUT2D eigenvalue weighted by Gasteiger charge is -2.10. The van der Waals surface area contributed by atoms with Gasteiger partial charge >= 0.3 is 0 Å². The van der Waals surface area contributed by atoms with Crippen LogP contribution < -0.4 is 5.73 Å². The standard InChI is InChI=1S/C14H19N3O2/c1-8(2)12(9(3)18)13(15)11-6-7-17(16-11)14(19)10-4-5-10/h6-8,10H,4-5,15H2,1-3H3/b13-12-. The van der Waals surface area contributed by atoms with Crippen molar-refractivity contribution in [2.24, 2.45) is 17.6 Å². The number of nitrogens with zero attached hydrogens (tertiary/aromatic N) is 2. The molecule has 1 aliphatic carbocycles. The molecular weight excluding hydrogens is 242 g/mol. The van der Waals surface area contributed by atoms with Gasteiger partial charge in [0.05, 0.1) is 5.70 Å². The van der Waals surface area contributed by atoms with Crippen molar-refractivity contribution in [3.63, 3.8) is 0 Å². The Kier molecular flexibility index (Phi) is 3.55. The predicted octanol–water partition coefficient (Wildman–Crippen LogP) is 1.85. The van der Waals surface area contributed by atoms with E-state index in [0.717, 1.165) is 12.8 Å². The van der Waals surface area contributed by atoms with Gasteiger partial charge in [0, 0.05) is 17.7 Å². The summed E-state index contributed by atoms with van der Waals surface area (Å²) < 4.78 is 1.33. The van der Waals surface area contributed by atoms with Gasteiger partial charge in [-0.1, -0.05) is 13.8 Å². The number of carbonyl (C=O) groups is 2. The second-order valence-corrected chi connectivity index (χ2v) is 5.30. The Hall–Kier alpha value is -1.91. The van der Waals surface area contributed by atoms with E-state index in [2.05, 4.69) is 5.10 Å². The first-order valence-electron chi connectivity index (χ1n) is 6.52. The number of rotatable bonds is 4. The molecule has 1 aromatic rings. The Morgan fingerprint density at radius 2 is 2.05 bits per heavy atom. The zero-order chi connectivity index (χ0) is 14.2. The molecule has 0 amide bonds. The normalized spacial score (nSPS) is 16.4. The van der Waals surface area contributed by atoms with Crippen molar-refractivity contribution in [2.45, 2.75) is 33.6 Å². The molecule has 2 N–H and O–H groups in total. The number of nitrogens with two attached hydrogens (primary N) is 1. The summed E-state index contributed by atoms with van der Waals surface area (Å²) in [5, 5.41) is 4.19. The molecule has 1 aromatic heterocycles. The topological polar surface area (TPSA) is 78.0 Å². The van der Waals surface area contributed by atoms with Gasteiger partial charge in [-0.25, -0.2) is 4.68 Å². The Balaban J connectivity index is 2.33. The minimum atomic E-state index is -0.0597. The fraction of sp³-hybridized carbons (Fsp3) is 0.500. The van der Waals surface area contributed by atoms with Crippen LogP contribution in [0.3, 0.4) is 0 Å². The summed E-state index contributed by atoms with van der Waals surface area (Å²) in [4.78, 5) is 23.5. The molecule has 1 aliphatic rings. The number of aromatic nitrogens is 2. The first-order chi connectivity index (χ1) is 8.91. The van der Waals surface area contributed by atoms with Crippen LogP contribution in [0.15, 0.2) is 17.8 Å². The molecule has 1 saturated carbocycles. The van der Waals surface area contributed by atoms with E-state index in [1.54, 1.807) is 12.3 Å². The first kappa shape index (κ1) is 13.5. The zero-order valence-corrected chi connectivity index (χ0v) is 11.5. The Morgan fingerprint density at radius 3 is 2.53 bits per heavy atom. The van der Waals surface area contributed by atoms with Gasteiger partial charge in [0.1, 0.15) is 5.69 Å². The average Bonchev–Trinajstić information content (AvgIpc) is 3.04. The van der Waals surface area contributed by atoms with E-state index in [-0.39, 0.29) is 23.5 Å². The lowest BCUT2D eigenvalue weighted by atomic mass is 9.96. The van der Waals surface area contributed by atoms with Crippen LogP contribution in [0.1, 0.15) is 44.1 Å². The van der Waals surface area contributed by atoms with Crippen molar-refractivity contribution in [1.82, 2.24) is 9.78 Å². The maximum absolute atomic E-state index is 11.9. The number of carbonyl (C=O) groups excluding carboxylic acids is 2. The minimum absolute atomic E-state index is 0.00738. The molecule has 19 heavy (non-hydrogen) atoms. The van der Waals surface area contributed by atoms with E-state index in [1.165, 1.54) is 11.6 Å². The fourth-order valence-corrected chi connectivity index (χ4v) is 2.15. The summed E-state index contributed by atoms with van der Waals surface area (Å²) in [6, 6.07) is 1.68. The summed E-state index contributed by atoms with van der Waals surface area (Å²) in [5.74, 6) is 0.0839. The monoisotopic (exact) mass is 261 g/mol. The average molecular weight is 261 g/mol. The molecule has 0 unspecified atom stereocenters. The molecule has 2 rings (SSSR count). The Bertz CT molecular complexity index is 551. The molecule has 0 aromatic carbocycles. The fourth-order valence-electron chi connectivity index (χ4n) is 2.15. The van der Waals surface area contributed by atoms with Gasteiger partial charge < -0.3 is 5.73 Å². The number of Topliss-reactive ketones (excluding diaryl/α,β-unsaturated/α-hetero) is 1. The number of hydrogen-bond acceptors (Lipinski definition) is 4. The summed E-state index contributed by atoms with van der Waals surface area (Å²) in [5.41, 5.74) is 7.44. The molecule has 1 fully saturated rings. The largest absolute Gasteiger partial charge is 0.397 e. The van der Waals surface area contributed by atoms with Crippen molar-refractivity contribution in [3.05, 3.63) is 23.5 Å². The van der Waals surface area contributed by atoms with Crippen molar-refractivity contribution in [1.29, 1.82) is 0 Å². The number of hydrogen-bond donors (Lipinski definition) is 1. The summed E-state index contributed by atoms with van der Waals surface area (Å²) in [6.45, 7) is 5.32. The summed E-state index contributed by atoms with van der Waals surface area (Å²) in [7, 11) is 0. The summed E-state index contributed by atoms with van der Waals surface area (Å²) >= 11 is 0. The van der Waals surface area contributed by atoms with Crippen molar-refractivity contribution < 1.29 is 9.59 Å². The van der Waals surface area contributed by atoms with Crippen LogP contribution in [-0.4, -0.2) is 21.5 Å². The number of ketones is 1. The SMILES string of the molecule is CC(=O)/C(=C(\N)c1ccn(C(=O)C2CC2)n1)C(C)C. The Labute approximate surface area is 112 Å². The third-order valence-electron chi connectivity index (χ3n) is 3.26.